The lowest BCUT2D eigenvalue weighted by molar-refractivity contribution is 0.0744. The van der Waals surface area contributed by atoms with E-state index in [1.165, 1.54) is 0 Å². The minimum Gasteiger partial charge on any atom is -0.423 e. The fourth-order valence-electron chi connectivity index (χ4n) is 3.87. The van der Waals surface area contributed by atoms with Gasteiger partial charge in [-0.15, -0.1) is 0 Å². The van der Waals surface area contributed by atoms with Crippen LogP contribution >= 0.6 is 11.6 Å². The molecule has 0 bridgehead atoms. The number of benzene rings is 1. The zero-order valence-corrected chi connectivity index (χ0v) is 17.8. The van der Waals surface area contributed by atoms with Crippen molar-refractivity contribution in [2.45, 2.75) is 25.7 Å². The maximum absolute atomic E-state index is 13.2. The molecule has 0 radical (unpaired) electrons. The fourth-order valence-corrected chi connectivity index (χ4v) is 4.23. The summed E-state index contributed by atoms with van der Waals surface area (Å²) in [6.45, 7) is 3.90. The number of rotatable bonds is 4. The SMILES string of the molecule is Cc1nn(-c2ccccc2)c(Cl)c1C(=O)N1CCN(c2oc(C3CC3)nc2C#N)CC1. The number of aromatic nitrogens is 3. The van der Waals surface area contributed by atoms with Crippen molar-refractivity contribution in [3.05, 3.63) is 58.3 Å². The highest BCUT2D eigenvalue weighted by Crippen LogP contribution is 2.41. The summed E-state index contributed by atoms with van der Waals surface area (Å²) in [7, 11) is 0. The molecule has 158 valence electrons. The van der Waals surface area contributed by atoms with Gasteiger partial charge in [-0.05, 0) is 31.9 Å². The Morgan fingerprint density at radius 3 is 2.55 bits per heavy atom. The lowest BCUT2D eigenvalue weighted by Gasteiger charge is -2.34. The van der Waals surface area contributed by atoms with Crippen molar-refractivity contribution in [1.29, 1.82) is 5.26 Å². The maximum atomic E-state index is 13.2. The number of amides is 1. The Morgan fingerprint density at radius 1 is 1.19 bits per heavy atom. The average molecular weight is 437 g/mol. The van der Waals surface area contributed by atoms with Crippen LogP contribution in [0.2, 0.25) is 5.15 Å². The molecule has 31 heavy (non-hydrogen) atoms. The van der Waals surface area contributed by atoms with E-state index in [1.54, 1.807) is 16.5 Å². The van der Waals surface area contributed by atoms with Gasteiger partial charge < -0.3 is 14.2 Å². The molecule has 0 N–H and O–H groups in total. The van der Waals surface area contributed by atoms with Gasteiger partial charge in [-0.3, -0.25) is 4.79 Å². The highest BCUT2D eigenvalue weighted by atomic mass is 35.5. The van der Waals surface area contributed by atoms with Gasteiger partial charge in [-0.25, -0.2) is 9.67 Å². The van der Waals surface area contributed by atoms with Gasteiger partial charge in [-0.1, -0.05) is 29.8 Å². The molecule has 1 aromatic carbocycles. The van der Waals surface area contributed by atoms with Crippen molar-refractivity contribution < 1.29 is 9.21 Å². The molecule has 0 spiro atoms. The van der Waals surface area contributed by atoms with Gasteiger partial charge in [0.05, 0.1) is 16.9 Å². The van der Waals surface area contributed by atoms with Gasteiger partial charge in [0.25, 0.3) is 5.91 Å². The predicted octanol–water partition coefficient (Wildman–Crippen LogP) is 3.53. The number of carbonyl (C=O) groups excluding carboxylic acids is 1. The summed E-state index contributed by atoms with van der Waals surface area (Å²) in [6.07, 6.45) is 2.12. The number of nitriles is 1. The van der Waals surface area contributed by atoms with Crippen molar-refractivity contribution in [2.75, 3.05) is 31.1 Å². The molecule has 0 atom stereocenters. The molecule has 2 fully saturated rings. The highest BCUT2D eigenvalue weighted by Gasteiger charge is 2.33. The molecular formula is C22H21ClN6O2. The number of carbonyl (C=O) groups is 1. The number of nitrogens with zero attached hydrogens (tertiary/aromatic N) is 6. The second-order valence-corrected chi connectivity index (χ2v) is 8.23. The number of para-hydroxylation sites is 1. The zero-order valence-electron chi connectivity index (χ0n) is 17.1. The van der Waals surface area contributed by atoms with E-state index >= 15 is 0 Å². The van der Waals surface area contributed by atoms with E-state index in [9.17, 15) is 10.1 Å². The predicted molar refractivity (Wildman–Crippen MR) is 115 cm³/mol. The summed E-state index contributed by atoms with van der Waals surface area (Å²) in [5.41, 5.74) is 2.15. The van der Waals surface area contributed by atoms with E-state index in [0.29, 0.717) is 66.0 Å². The molecule has 9 heteroatoms. The summed E-state index contributed by atoms with van der Waals surface area (Å²) < 4.78 is 7.49. The van der Waals surface area contributed by atoms with Crippen LogP contribution in [0, 0.1) is 18.3 Å². The number of hydrogen-bond donors (Lipinski definition) is 0. The van der Waals surface area contributed by atoms with Crippen LogP contribution in [0.15, 0.2) is 34.7 Å². The van der Waals surface area contributed by atoms with Crippen LogP contribution in [0.25, 0.3) is 5.69 Å². The van der Waals surface area contributed by atoms with Crippen LogP contribution in [-0.4, -0.2) is 51.8 Å². The molecule has 1 saturated carbocycles. The van der Waals surface area contributed by atoms with Crippen molar-refractivity contribution in [3.8, 4) is 11.8 Å². The first-order valence-electron chi connectivity index (χ1n) is 10.3. The van der Waals surface area contributed by atoms with E-state index in [0.717, 1.165) is 18.5 Å². The largest absolute Gasteiger partial charge is 0.423 e. The fraction of sp³-hybridized carbons (Fsp3) is 0.364. The molecule has 1 saturated heterocycles. The van der Waals surface area contributed by atoms with Gasteiger partial charge >= 0.3 is 0 Å². The molecule has 2 aromatic heterocycles. The average Bonchev–Trinajstić information content (AvgIpc) is 3.49. The minimum atomic E-state index is -0.138. The lowest BCUT2D eigenvalue weighted by atomic mass is 10.2. The second-order valence-electron chi connectivity index (χ2n) is 7.87. The first-order valence-corrected chi connectivity index (χ1v) is 10.7. The standard InChI is InChI=1S/C22H21ClN6O2/c1-14-18(19(23)29(26-14)16-5-3-2-4-6-16)21(30)27-9-11-28(12-10-27)22-17(13-24)25-20(31-22)15-7-8-15/h2-6,15H,7-12H2,1H3. The Morgan fingerprint density at radius 2 is 1.90 bits per heavy atom. The molecule has 2 aliphatic rings. The third kappa shape index (κ3) is 3.55. The van der Waals surface area contributed by atoms with Crippen LogP contribution < -0.4 is 4.90 Å². The molecule has 0 unspecified atom stereocenters. The molecule has 1 aliphatic carbocycles. The van der Waals surface area contributed by atoms with Crippen LogP contribution in [0.4, 0.5) is 5.88 Å². The Kier molecular flexibility index (Phi) is 4.91. The summed E-state index contributed by atoms with van der Waals surface area (Å²) in [5, 5.41) is 14.2. The third-order valence-corrected chi connectivity index (χ3v) is 6.08. The Balaban J connectivity index is 1.32. The minimum absolute atomic E-state index is 0.138. The van der Waals surface area contributed by atoms with Gasteiger partial charge in [0.2, 0.25) is 17.5 Å². The van der Waals surface area contributed by atoms with Gasteiger partial charge in [-0.2, -0.15) is 10.4 Å². The molecule has 8 nitrogen and oxygen atoms in total. The van der Waals surface area contributed by atoms with Crippen molar-refractivity contribution >= 4 is 23.4 Å². The van der Waals surface area contributed by atoms with E-state index in [2.05, 4.69) is 16.2 Å². The zero-order chi connectivity index (χ0) is 21.5. The summed E-state index contributed by atoms with van der Waals surface area (Å²) in [5.74, 6) is 1.37. The Labute approximate surface area is 184 Å². The molecule has 3 aromatic rings. The summed E-state index contributed by atoms with van der Waals surface area (Å²) in [4.78, 5) is 21.3. The van der Waals surface area contributed by atoms with Crippen LogP contribution in [-0.2, 0) is 0 Å². The molecule has 1 aliphatic heterocycles. The van der Waals surface area contributed by atoms with E-state index in [1.807, 2.05) is 35.2 Å². The quantitative estimate of drug-likeness (QED) is 0.621. The van der Waals surface area contributed by atoms with Crippen molar-refractivity contribution in [3.63, 3.8) is 0 Å². The van der Waals surface area contributed by atoms with Crippen LogP contribution in [0.3, 0.4) is 0 Å². The van der Waals surface area contributed by atoms with Gasteiger partial charge in [0, 0.05) is 32.1 Å². The van der Waals surface area contributed by atoms with Crippen molar-refractivity contribution in [2.24, 2.45) is 0 Å². The Bertz CT molecular complexity index is 1170. The summed E-state index contributed by atoms with van der Waals surface area (Å²) >= 11 is 6.56. The summed E-state index contributed by atoms with van der Waals surface area (Å²) in [6, 6.07) is 11.6. The number of hydrogen-bond acceptors (Lipinski definition) is 6. The third-order valence-electron chi connectivity index (χ3n) is 5.73. The van der Waals surface area contributed by atoms with E-state index in [-0.39, 0.29) is 5.91 Å². The van der Waals surface area contributed by atoms with Gasteiger partial charge in [0.15, 0.2) is 0 Å². The first-order chi connectivity index (χ1) is 15.1. The molecule has 3 heterocycles. The first kappa shape index (κ1) is 19.6. The molecule has 5 rings (SSSR count). The van der Waals surface area contributed by atoms with E-state index in [4.69, 9.17) is 16.0 Å². The number of piperazine rings is 1. The number of anilines is 1. The Hall–Kier alpha value is -3.31. The highest BCUT2D eigenvalue weighted by molar-refractivity contribution is 6.33. The smallest absolute Gasteiger partial charge is 0.259 e. The van der Waals surface area contributed by atoms with Crippen LogP contribution in [0.1, 0.15) is 46.4 Å². The van der Waals surface area contributed by atoms with E-state index < -0.39 is 0 Å². The lowest BCUT2D eigenvalue weighted by Crippen LogP contribution is -2.49. The number of oxazole rings is 1. The molecular weight excluding hydrogens is 416 g/mol. The second kappa shape index (κ2) is 7.75. The van der Waals surface area contributed by atoms with Gasteiger partial charge in [0.1, 0.15) is 11.2 Å². The van der Waals surface area contributed by atoms with Crippen LogP contribution in [0.5, 0.6) is 0 Å². The maximum Gasteiger partial charge on any atom is 0.259 e. The normalized spacial score (nSPS) is 16.4. The van der Waals surface area contributed by atoms with Crippen molar-refractivity contribution in [1.82, 2.24) is 19.7 Å². The molecule has 1 amide bonds. The number of halogens is 1. The number of aryl methyl sites for hydroxylation is 1. The topological polar surface area (TPSA) is 91.2 Å². The monoisotopic (exact) mass is 436 g/mol.